The van der Waals surface area contributed by atoms with Crippen molar-refractivity contribution in [2.75, 3.05) is 6.61 Å². The maximum atomic E-state index is 10.6. The lowest BCUT2D eigenvalue weighted by atomic mass is 10.0. The molecule has 0 radical (unpaired) electrons. The molecule has 0 bridgehead atoms. The molecule has 5 nitrogen and oxygen atoms in total. The Kier molecular flexibility index (Phi) is 9.06. The predicted molar refractivity (Wildman–Crippen MR) is 130 cm³/mol. The topological polar surface area (TPSA) is 57.2 Å². The molecular weight excluding hydrogens is 484 g/mol. The largest absolute Gasteiger partial charge is 0.374 e. The van der Waals surface area contributed by atoms with E-state index in [1.807, 2.05) is 91.0 Å². The molecule has 174 valence electrons. The summed E-state index contributed by atoms with van der Waals surface area (Å²) in [5.41, 5.74) is 3.18. The monoisotopic (exact) mass is 512 g/mol. The Morgan fingerprint density at radius 1 is 0.667 bits per heavy atom. The van der Waals surface area contributed by atoms with Crippen molar-refractivity contribution in [1.82, 2.24) is 0 Å². The van der Waals surface area contributed by atoms with Crippen LogP contribution in [0.2, 0.25) is 0 Å². The molecule has 4 rings (SSSR count). The van der Waals surface area contributed by atoms with E-state index in [4.69, 9.17) is 18.9 Å². The van der Waals surface area contributed by atoms with Gasteiger partial charge in [-0.25, -0.2) is 0 Å². The summed E-state index contributed by atoms with van der Waals surface area (Å²) < 4.78 is 24.5. The van der Waals surface area contributed by atoms with Crippen LogP contribution in [-0.2, 0) is 38.8 Å². The van der Waals surface area contributed by atoms with Gasteiger partial charge < -0.3 is 24.1 Å². The first kappa shape index (κ1) is 24.1. The molecule has 1 heterocycles. The molecular formula is C27H29BrO5. The van der Waals surface area contributed by atoms with E-state index in [1.165, 1.54) is 0 Å². The van der Waals surface area contributed by atoms with E-state index in [0.29, 0.717) is 19.8 Å². The summed E-state index contributed by atoms with van der Waals surface area (Å²) in [4.78, 5) is -0.438. The van der Waals surface area contributed by atoms with E-state index in [9.17, 15) is 5.11 Å². The molecule has 0 aliphatic carbocycles. The van der Waals surface area contributed by atoms with Crippen molar-refractivity contribution >= 4 is 15.9 Å². The molecule has 1 N–H and O–H groups in total. The van der Waals surface area contributed by atoms with Crippen LogP contribution < -0.4 is 0 Å². The van der Waals surface area contributed by atoms with Crippen molar-refractivity contribution in [1.29, 1.82) is 0 Å². The van der Waals surface area contributed by atoms with Gasteiger partial charge in [-0.15, -0.1) is 0 Å². The first-order chi connectivity index (χ1) is 16.2. The first-order valence-corrected chi connectivity index (χ1v) is 12.0. The van der Waals surface area contributed by atoms with Crippen LogP contribution in [0.4, 0.5) is 0 Å². The van der Waals surface area contributed by atoms with E-state index in [0.717, 1.165) is 16.7 Å². The van der Waals surface area contributed by atoms with Crippen molar-refractivity contribution in [2.24, 2.45) is 0 Å². The fourth-order valence-corrected chi connectivity index (χ4v) is 4.39. The quantitative estimate of drug-likeness (QED) is 0.393. The van der Waals surface area contributed by atoms with E-state index in [2.05, 4.69) is 15.9 Å². The van der Waals surface area contributed by atoms with Gasteiger partial charge in [0.05, 0.1) is 31.3 Å². The Labute approximate surface area is 203 Å². The molecule has 0 amide bonds. The predicted octanol–water partition coefficient (Wildman–Crippen LogP) is 4.85. The maximum Gasteiger partial charge on any atom is 0.170 e. The summed E-state index contributed by atoms with van der Waals surface area (Å²) >= 11 is 3.57. The van der Waals surface area contributed by atoms with Crippen molar-refractivity contribution in [3.63, 3.8) is 0 Å². The normalized spacial score (nSPS) is 25.1. The van der Waals surface area contributed by atoms with Gasteiger partial charge in [0.25, 0.3) is 0 Å². The molecule has 0 unspecified atom stereocenters. The van der Waals surface area contributed by atoms with Crippen LogP contribution in [0.25, 0.3) is 0 Å². The third-order valence-electron chi connectivity index (χ3n) is 5.55. The van der Waals surface area contributed by atoms with Gasteiger partial charge in [0.15, 0.2) is 6.29 Å². The first-order valence-electron chi connectivity index (χ1n) is 11.1. The molecule has 0 spiro atoms. The average Bonchev–Trinajstić information content (AvgIpc) is 2.86. The number of rotatable bonds is 10. The van der Waals surface area contributed by atoms with E-state index >= 15 is 0 Å². The summed E-state index contributed by atoms with van der Waals surface area (Å²) in [6, 6.07) is 29.9. The molecule has 3 aromatic carbocycles. The number of alkyl halides is 1. The SMILES string of the molecule is O[C@H]1O[C@H](COCc2ccccc2)[C@H](OCc2ccccc2)[C@H](OCc2ccccc2)[C@@H]1Br. The molecule has 33 heavy (non-hydrogen) atoms. The van der Waals surface area contributed by atoms with E-state index in [-0.39, 0.29) is 6.61 Å². The van der Waals surface area contributed by atoms with Crippen LogP contribution in [0, 0.1) is 0 Å². The van der Waals surface area contributed by atoms with Crippen LogP contribution in [0.1, 0.15) is 16.7 Å². The summed E-state index contributed by atoms with van der Waals surface area (Å²) in [5, 5.41) is 10.6. The summed E-state index contributed by atoms with van der Waals surface area (Å²) in [7, 11) is 0. The number of aliphatic hydroxyl groups is 1. The second kappa shape index (κ2) is 12.4. The van der Waals surface area contributed by atoms with Gasteiger partial charge in [0.2, 0.25) is 0 Å². The number of hydrogen-bond donors (Lipinski definition) is 1. The lowest BCUT2D eigenvalue weighted by Crippen LogP contribution is -2.58. The van der Waals surface area contributed by atoms with E-state index in [1.54, 1.807) is 0 Å². The molecule has 1 aliphatic heterocycles. The van der Waals surface area contributed by atoms with Crippen molar-refractivity contribution in [2.45, 2.75) is 49.2 Å². The summed E-state index contributed by atoms with van der Waals surface area (Å²) in [5.74, 6) is 0. The van der Waals surface area contributed by atoms with Gasteiger partial charge >= 0.3 is 0 Å². The number of hydrogen-bond acceptors (Lipinski definition) is 5. The highest BCUT2D eigenvalue weighted by Crippen LogP contribution is 2.31. The number of benzene rings is 3. The van der Waals surface area contributed by atoms with Gasteiger partial charge in [-0.05, 0) is 16.7 Å². The van der Waals surface area contributed by atoms with Gasteiger partial charge in [0.1, 0.15) is 18.3 Å². The summed E-state index contributed by atoms with van der Waals surface area (Å²) in [6.07, 6.45) is -2.38. The smallest absolute Gasteiger partial charge is 0.170 e. The average molecular weight is 513 g/mol. The van der Waals surface area contributed by atoms with Crippen molar-refractivity contribution in [3.05, 3.63) is 108 Å². The van der Waals surface area contributed by atoms with Crippen LogP contribution in [0.5, 0.6) is 0 Å². The molecule has 3 aromatic rings. The highest BCUT2D eigenvalue weighted by molar-refractivity contribution is 9.09. The van der Waals surface area contributed by atoms with Crippen molar-refractivity contribution in [3.8, 4) is 0 Å². The molecule has 1 aliphatic rings. The molecule has 1 saturated heterocycles. The van der Waals surface area contributed by atoms with Crippen LogP contribution >= 0.6 is 15.9 Å². The van der Waals surface area contributed by atoms with E-state index < -0.39 is 29.4 Å². The fraction of sp³-hybridized carbons (Fsp3) is 0.333. The van der Waals surface area contributed by atoms with Crippen LogP contribution in [0.3, 0.4) is 0 Å². The molecule has 0 saturated carbocycles. The maximum absolute atomic E-state index is 10.6. The number of halogens is 1. The Morgan fingerprint density at radius 3 is 1.64 bits per heavy atom. The third kappa shape index (κ3) is 6.96. The zero-order chi connectivity index (χ0) is 22.9. The Bertz CT molecular complexity index is 941. The fourth-order valence-electron chi connectivity index (χ4n) is 3.81. The molecule has 1 fully saturated rings. The highest BCUT2D eigenvalue weighted by Gasteiger charge is 2.46. The highest BCUT2D eigenvalue weighted by atomic mass is 79.9. The number of aliphatic hydroxyl groups excluding tert-OH is 1. The lowest BCUT2D eigenvalue weighted by Gasteiger charge is -2.42. The second-order valence-corrected chi connectivity index (χ2v) is 9.09. The Balaban J connectivity index is 1.46. The van der Waals surface area contributed by atoms with Crippen molar-refractivity contribution < 1.29 is 24.1 Å². The van der Waals surface area contributed by atoms with Crippen LogP contribution in [0.15, 0.2) is 91.0 Å². The second-order valence-electron chi connectivity index (χ2n) is 8.03. The zero-order valence-corrected chi connectivity index (χ0v) is 19.9. The van der Waals surface area contributed by atoms with Gasteiger partial charge in [-0.3, -0.25) is 0 Å². The van der Waals surface area contributed by atoms with Gasteiger partial charge in [-0.1, -0.05) is 107 Å². The summed E-state index contributed by atoms with van der Waals surface area (Å²) in [6.45, 7) is 1.54. The van der Waals surface area contributed by atoms with Crippen LogP contribution in [-0.4, -0.2) is 41.1 Å². The minimum atomic E-state index is -1.03. The standard InChI is InChI=1S/C27H29BrO5/c28-24-26(32-18-22-14-8-3-9-15-22)25(31-17-21-12-6-2-7-13-21)23(33-27(24)29)19-30-16-20-10-4-1-5-11-20/h1-15,23-27,29H,16-19H2/t23-,24+,25+,26-,27+/m1/s1. The molecule has 6 heteroatoms. The number of ether oxygens (including phenoxy) is 4. The Morgan fingerprint density at radius 2 is 1.12 bits per heavy atom. The molecule has 0 aromatic heterocycles. The van der Waals surface area contributed by atoms with Gasteiger partial charge in [0, 0.05) is 0 Å². The van der Waals surface area contributed by atoms with Gasteiger partial charge in [-0.2, -0.15) is 0 Å². The lowest BCUT2D eigenvalue weighted by molar-refractivity contribution is -0.260. The molecule has 5 atom stereocenters. The Hall–Kier alpha value is -2.06. The minimum Gasteiger partial charge on any atom is -0.374 e. The minimum absolute atomic E-state index is 0.274. The third-order valence-corrected chi connectivity index (χ3v) is 6.53. The zero-order valence-electron chi connectivity index (χ0n) is 18.3.